The molecule has 2 unspecified atom stereocenters. The highest BCUT2D eigenvalue weighted by Crippen LogP contribution is 2.13. The van der Waals surface area contributed by atoms with Gasteiger partial charge in [0.1, 0.15) is 12.1 Å². The highest BCUT2D eigenvalue weighted by molar-refractivity contribution is 5.81. The smallest absolute Gasteiger partial charge is 0.250 e. The van der Waals surface area contributed by atoms with E-state index in [2.05, 4.69) is 11.4 Å². The van der Waals surface area contributed by atoms with E-state index in [0.29, 0.717) is 13.0 Å². The van der Waals surface area contributed by atoms with Crippen LogP contribution in [-0.4, -0.2) is 24.7 Å². The van der Waals surface area contributed by atoms with Crippen LogP contribution in [0.1, 0.15) is 39.0 Å². The van der Waals surface area contributed by atoms with E-state index in [1.165, 1.54) is 0 Å². The molecule has 0 radical (unpaired) electrons. The minimum absolute atomic E-state index is 0.130. The summed E-state index contributed by atoms with van der Waals surface area (Å²) < 4.78 is 5.34. The fourth-order valence-electron chi connectivity index (χ4n) is 1.67. The first-order valence-electron chi connectivity index (χ1n) is 5.59. The Morgan fingerprint density at radius 2 is 2.47 bits per heavy atom. The molecule has 15 heavy (non-hydrogen) atoms. The van der Waals surface area contributed by atoms with E-state index in [0.717, 1.165) is 25.7 Å². The van der Waals surface area contributed by atoms with Crippen LogP contribution in [0.2, 0.25) is 0 Å². The molecule has 1 aliphatic heterocycles. The normalized spacial score (nSPS) is 22.8. The van der Waals surface area contributed by atoms with E-state index in [9.17, 15) is 4.79 Å². The zero-order valence-electron chi connectivity index (χ0n) is 9.16. The first-order valence-corrected chi connectivity index (χ1v) is 5.59. The second kappa shape index (κ2) is 6.41. The summed E-state index contributed by atoms with van der Waals surface area (Å²) in [4.78, 5) is 11.7. The van der Waals surface area contributed by atoms with E-state index in [4.69, 9.17) is 10.00 Å². The molecule has 1 N–H and O–H groups in total. The van der Waals surface area contributed by atoms with Gasteiger partial charge in [0.05, 0.1) is 6.07 Å². The number of nitrogens with one attached hydrogen (secondary N) is 1. The molecule has 0 aromatic carbocycles. The predicted octanol–water partition coefficient (Wildman–Crippen LogP) is 1.36. The standard InChI is InChI=1S/C11H18N2O2/c1-2-5-9(8-12)13-11(14)10-6-3-4-7-15-10/h9-10H,2-7H2,1H3,(H,13,14). The monoisotopic (exact) mass is 210 g/mol. The van der Waals surface area contributed by atoms with Crippen molar-refractivity contribution in [3.63, 3.8) is 0 Å². The van der Waals surface area contributed by atoms with Crippen molar-refractivity contribution < 1.29 is 9.53 Å². The van der Waals surface area contributed by atoms with Crippen molar-refractivity contribution in [2.75, 3.05) is 6.61 Å². The Kier molecular flexibility index (Phi) is 5.13. The van der Waals surface area contributed by atoms with Crippen LogP contribution in [0.5, 0.6) is 0 Å². The molecule has 0 saturated carbocycles. The number of amides is 1. The minimum atomic E-state index is -0.368. The zero-order valence-corrected chi connectivity index (χ0v) is 9.16. The molecule has 1 rings (SSSR count). The number of hydrogen-bond acceptors (Lipinski definition) is 3. The maximum atomic E-state index is 11.7. The Hall–Kier alpha value is -1.08. The summed E-state index contributed by atoms with van der Waals surface area (Å²) in [5.41, 5.74) is 0. The van der Waals surface area contributed by atoms with Crippen LogP contribution in [0, 0.1) is 11.3 Å². The van der Waals surface area contributed by atoms with Crippen molar-refractivity contribution in [2.24, 2.45) is 0 Å². The lowest BCUT2D eigenvalue weighted by molar-refractivity contribution is -0.135. The largest absolute Gasteiger partial charge is 0.368 e. The summed E-state index contributed by atoms with van der Waals surface area (Å²) in [6.45, 7) is 2.65. The van der Waals surface area contributed by atoms with Gasteiger partial charge in [-0.3, -0.25) is 4.79 Å². The molecular formula is C11H18N2O2. The third-order valence-corrected chi connectivity index (χ3v) is 2.52. The number of carbonyl (C=O) groups is 1. The van der Waals surface area contributed by atoms with Gasteiger partial charge in [-0.25, -0.2) is 0 Å². The second-order valence-corrected chi connectivity index (χ2v) is 3.83. The molecule has 1 heterocycles. The van der Waals surface area contributed by atoms with Gasteiger partial charge in [-0.2, -0.15) is 5.26 Å². The van der Waals surface area contributed by atoms with Gasteiger partial charge < -0.3 is 10.1 Å². The fraction of sp³-hybridized carbons (Fsp3) is 0.818. The van der Waals surface area contributed by atoms with Gasteiger partial charge >= 0.3 is 0 Å². The number of nitriles is 1. The molecule has 1 aliphatic rings. The van der Waals surface area contributed by atoms with Gasteiger partial charge in [0, 0.05) is 6.61 Å². The minimum Gasteiger partial charge on any atom is -0.368 e. The Morgan fingerprint density at radius 3 is 3.00 bits per heavy atom. The van der Waals surface area contributed by atoms with Crippen LogP contribution < -0.4 is 5.32 Å². The Morgan fingerprint density at radius 1 is 1.67 bits per heavy atom. The molecule has 4 nitrogen and oxygen atoms in total. The van der Waals surface area contributed by atoms with Crippen molar-refractivity contribution in [1.29, 1.82) is 5.26 Å². The van der Waals surface area contributed by atoms with Crippen LogP contribution in [0.15, 0.2) is 0 Å². The molecule has 1 fully saturated rings. The first-order chi connectivity index (χ1) is 7.27. The lowest BCUT2D eigenvalue weighted by Gasteiger charge is -2.22. The number of ether oxygens (including phenoxy) is 1. The number of hydrogen-bond donors (Lipinski definition) is 1. The summed E-state index contributed by atoms with van der Waals surface area (Å²) in [5, 5.41) is 11.5. The lowest BCUT2D eigenvalue weighted by Crippen LogP contribution is -2.43. The molecule has 0 bridgehead atoms. The quantitative estimate of drug-likeness (QED) is 0.762. The van der Waals surface area contributed by atoms with Gasteiger partial charge in [0.2, 0.25) is 5.91 Å². The zero-order chi connectivity index (χ0) is 11.1. The molecule has 0 aromatic heterocycles. The van der Waals surface area contributed by atoms with Gasteiger partial charge in [-0.1, -0.05) is 13.3 Å². The molecule has 0 aromatic rings. The average molecular weight is 210 g/mol. The first kappa shape index (κ1) is 12.0. The predicted molar refractivity (Wildman–Crippen MR) is 56.0 cm³/mol. The van der Waals surface area contributed by atoms with Crippen molar-refractivity contribution in [3.8, 4) is 6.07 Å². The van der Waals surface area contributed by atoms with Gasteiger partial charge in [-0.15, -0.1) is 0 Å². The molecule has 4 heteroatoms. The van der Waals surface area contributed by atoms with Crippen LogP contribution in [0.25, 0.3) is 0 Å². The molecule has 0 aliphatic carbocycles. The van der Waals surface area contributed by atoms with Crippen molar-refractivity contribution >= 4 is 5.91 Å². The van der Waals surface area contributed by atoms with Crippen molar-refractivity contribution in [1.82, 2.24) is 5.32 Å². The molecule has 2 atom stereocenters. The van der Waals surface area contributed by atoms with E-state index < -0.39 is 0 Å². The van der Waals surface area contributed by atoms with Gasteiger partial charge in [0.15, 0.2) is 0 Å². The summed E-state index contributed by atoms with van der Waals surface area (Å²) >= 11 is 0. The highest BCUT2D eigenvalue weighted by Gasteiger charge is 2.23. The SMILES string of the molecule is CCCC(C#N)NC(=O)C1CCCCO1. The summed E-state index contributed by atoms with van der Waals surface area (Å²) in [5.74, 6) is -0.130. The molecule has 1 saturated heterocycles. The third-order valence-electron chi connectivity index (χ3n) is 2.52. The average Bonchev–Trinajstić information content (AvgIpc) is 2.29. The van der Waals surface area contributed by atoms with Crippen LogP contribution in [0.3, 0.4) is 0 Å². The van der Waals surface area contributed by atoms with Gasteiger partial charge in [0.25, 0.3) is 0 Å². The van der Waals surface area contributed by atoms with Gasteiger partial charge in [-0.05, 0) is 25.7 Å². The Labute approximate surface area is 90.6 Å². The van der Waals surface area contributed by atoms with E-state index in [1.807, 2.05) is 6.92 Å². The number of rotatable bonds is 4. The van der Waals surface area contributed by atoms with E-state index >= 15 is 0 Å². The second-order valence-electron chi connectivity index (χ2n) is 3.83. The number of carbonyl (C=O) groups excluding carboxylic acids is 1. The van der Waals surface area contributed by atoms with Crippen LogP contribution in [-0.2, 0) is 9.53 Å². The number of nitrogens with zero attached hydrogens (tertiary/aromatic N) is 1. The Balaban J connectivity index is 2.36. The summed E-state index contributed by atoms with van der Waals surface area (Å²) in [7, 11) is 0. The molecule has 1 amide bonds. The lowest BCUT2D eigenvalue weighted by atomic mass is 10.1. The van der Waals surface area contributed by atoms with Crippen molar-refractivity contribution in [3.05, 3.63) is 0 Å². The van der Waals surface area contributed by atoms with E-state index in [-0.39, 0.29) is 18.1 Å². The fourth-order valence-corrected chi connectivity index (χ4v) is 1.67. The van der Waals surface area contributed by atoms with E-state index in [1.54, 1.807) is 0 Å². The topological polar surface area (TPSA) is 62.1 Å². The third kappa shape index (κ3) is 3.88. The highest BCUT2D eigenvalue weighted by atomic mass is 16.5. The maximum absolute atomic E-state index is 11.7. The maximum Gasteiger partial charge on any atom is 0.250 e. The van der Waals surface area contributed by atoms with Crippen LogP contribution >= 0.6 is 0 Å². The Bertz CT molecular complexity index is 241. The molecule has 84 valence electrons. The molecule has 0 spiro atoms. The summed E-state index contributed by atoms with van der Waals surface area (Å²) in [6, 6.07) is 1.72. The van der Waals surface area contributed by atoms with Crippen molar-refractivity contribution in [2.45, 2.75) is 51.2 Å². The molecular weight excluding hydrogens is 192 g/mol. The summed E-state index contributed by atoms with van der Waals surface area (Å²) in [6.07, 6.45) is 4.09. The van der Waals surface area contributed by atoms with Crippen LogP contribution in [0.4, 0.5) is 0 Å².